The molecule has 0 aromatic carbocycles. The second-order valence-corrected chi connectivity index (χ2v) is 5.21. The van der Waals surface area contributed by atoms with Crippen LogP contribution in [0.2, 0.25) is 0 Å². The van der Waals surface area contributed by atoms with Gasteiger partial charge in [0, 0.05) is 19.1 Å². The second kappa shape index (κ2) is 8.43. The first-order chi connectivity index (χ1) is 10.7. The Morgan fingerprint density at radius 3 is 2.82 bits per heavy atom. The molecule has 2 heterocycles. The highest BCUT2D eigenvalue weighted by molar-refractivity contribution is 5.78. The molecular weight excluding hydrogens is 286 g/mol. The summed E-state index contributed by atoms with van der Waals surface area (Å²) < 4.78 is 10.1. The highest BCUT2D eigenvalue weighted by atomic mass is 16.6. The topological polar surface area (TPSA) is 83.8 Å². The van der Waals surface area contributed by atoms with Crippen molar-refractivity contribution in [3.05, 3.63) is 24.2 Å². The van der Waals surface area contributed by atoms with Crippen LogP contribution in [0.1, 0.15) is 25.5 Å². The number of hydrogen-bond acceptors (Lipinski definition) is 5. The number of ether oxygens (including phenoxy) is 1. The lowest BCUT2D eigenvalue weighted by Crippen LogP contribution is -2.48. The maximum Gasteiger partial charge on any atom is 0.409 e. The summed E-state index contributed by atoms with van der Waals surface area (Å²) in [6, 6.07) is 3.79. The molecule has 1 aliphatic rings. The molecule has 1 aliphatic heterocycles. The lowest BCUT2D eigenvalue weighted by molar-refractivity contribution is -0.121. The number of carbonyl (C=O) groups excluding carboxylic acids is 2. The van der Waals surface area contributed by atoms with Crippen LogP contribution in [0.15, 0.2) is 22.8 Å². The summed E-state index contributed by atoms with van der Waals surface area (Å²) in [5.41, 5.74) is 0. The fourth-order valence-corrected chi connectivity index (χ4v) is 2.41. The zero-order valence-corrected chi connectivity index (χ0v) is 12.8. The van der Waals surface area contributed by atoms with Crippen molar-refractivity contribution in [2.24, 2.45) is 0 Å². The van der Waals surface area contributed by atoms with Gasteiger partial charge in [0.15, 0.2) is 0 Å². The molecule has 1 aromatic rings. The van der Waals surface area contributed by atoms with E-state index in [-0.39, 0.29) is 24.6 Å². The van der Waals surface area contributed by atoms with Crippen LogP contribution >= 0.6 is 0 Å². The highest BCUT2D eigenvalue weighted by Crippen LogP contribution is 2.11. The van der Waals surface area contributed by atoms with E-state index in [1.54, 1.807) is 18.1 Å². The molecule has 122 valence electrons. The number of hydrogen-bond donors (Lipinski definition) is 2. The Hall–Kier alpha value is -2.02. The lowest BCUT2D eigenvalue weighted by Gasteiger charge is -2.31. The van der Waals surface area contributed by atoms with E-state index < -0.39 is 0 Å². The average Bonchev–Trinajstić information content (AvgIpc) is 3.01. The molecule has 0 unspecified atom stereocenters. The summed E-state index contributed by atoms with van der Waals surface area (Å²) in [5.74, 6) is 0.761. The Balaban J connectivity index is 1.61. The van der Waals surface area contributed by atoms with Gasteiger partial charge in [-0.3, -0.25) is 4.79 Å². The fourth-order valence-electron chi connectivity index (χ4n) is 2.41. The van der Waals surface area contributed by atoms with Crippen molar-refractivity contribution in [3.8, 4) is 0 Å². The van der Waals surface area contributed by atoms with E-state index in [0.717, 1.165) is 18.6 Å². The molecule has 0 radical (unpaired) electrons. The molecule has 1 fully saturated rings. The molecule has 0 atom stereocenters. The molecule has 22 heavy (non-hydrogen) atoms. The molecule has 0 spiro atoms. The van der Waals surface area contributed by atoms with Crippen molar-refractivity contribution in [3.63, 3.8) is 0 Å². The van der Waals surface area contributed by atoms with Gasteiger partial charge in [-0.05, 0) is 31.9 Å². The molecule has 1 aromatic heterocycles. The maximum absolute atomic E-state index is 11.8. The Bertz CT molecular complexity index is 467. The van der Waals surface area contributed by atoms with Crippen LogP contribution in [-0.4, -0.2) is 49.2 Å². The summed E-state index contributed by atoms with van der Waals surface area (Å²) in [6.45, 7) is 4.19. The van der Waals surface area contributed by atoms with Gasteiger partial charge in [0.25, 0.3) is 0 Å². The summed E-state index contributed by atoms with van der Waals surface area (Å²) in [5, 5.41) is 6.01. The van der Waals surface area contributed by atoms with Gasteiger partial charge in [0.2, 0.25) is 5.91 Å². The molecule has 2 N–H and O–H groups in total. The van der Waals surface area contributed by atoms with Crippen molar-refractivity contribution < 1.29 is 18.7 Å². The van der Waals surface area contributed by atoms with Gasteiger partial charge in [0.1, 0.15) is 5.76 Å². The van der Waals surface area contributed by atoms with Crippen LogP contribution in [0.4, 0.5) is 4.79 Å². The summed E-state index contributed by atoms with van der Waals surface area (Å²) >= 11 is 0. The normalized spacial score (nSPS) is 15.6. The number of nitrogens with one attached hydrogen (secondary N) is 2. The number of carbonyl (C=O) groups is 2. The quantitative estimate of drug-likeness (QED) is 0.822. The van der Waals surface area contributed by atoms with Gasteiger partial charge in [-0.25, -0.2) is 4.79 Å². The first-order valence-electron chi connectivity index (χ1n) is 7.63. The standard InChI is InChI=1S/C15H23N3O4/c1-2-21-15(20)18-7-5-12(6-8-18)17-14(19)11-16-10-13-4-3-9-22-13/h3-4,9,12,16H,2,5-8,10-11H2,1H3,(H,17,19). The number of rotatable bonds is 6. The monoisotopic (exact) mass is 309 g/mol. The van der Waals surface area contributed by atoms with E-state index >= 15 is 0 Å². The van der Waals surface area contributed by atoms with Crippen molar-refractivity contribution in [2.45, 2.75) is 32.4 Å². The number of amides is 2. The number of nitrogens with zero attached hydrogens (tertiary/aromatic N) is 1. The van der Waals surface area contributed by atoms with Crippen LogP contribution in [-0.2, 0) is 16.1 Å². The van der Waals surface area contributed by atoms with Crippen LogP contribution in [0.5, 0.6) is 0 Å². The third kappa shape index (κ3) is 5.07. The number of furan rings is 1. The van der Waals surface area contributed by atoms with Gasteiger partial charge < -0.3 is 24.7 Å². The van der Waals surface area contributed by atoms with Gasteiger partial charge >= 0.3 is 6.09 Å². The van der Waals surface area contributed by atoms with Crippen molar-refractivity contribution in [2.75, 3.05) is 26.2 Å². The van der Waals surface area contributed by atoms with Crippen LogP contribution < -0.4 is 10.6 Å². The maximum atomic E-state index is 11.8. The smallest absolute Gasteiger partial charge is 0.409 e. The molecular formula is C15H23N3O4. The van der Waals surface area contributed by atoms with Crippen molar-refractivity contribution in [1.82, 2.24) is 15.5 Å². The van der Waals surface area contributed by atoms with E-state index in [2.05, 4.69) is 10.6 Å². The summed E-state index contributed by atoms with van der Waals surface area (Å²) in [6.07, 6.45) is 2.84. The molecule has 7 heteroatoms. The molecule has 0 saturated carbocycles. The van der Waals surface area contributed by atoms with E-state index in [4.69, 9.17) is 9.15 Å². The molecule has 2 rings (SSSR count). The zero-order valence-electron chi connectivity index (χ0n) is 12.8. The molecule has 2 amide bonds. The van der Waals surface area contributed by atoms with Gasteiger partial charge in [-0.1, -0.05) is 0 Å². The summed E-state index contributed by atoms with van der Waals surface area (Å²) in [7, 11) is 0. The fraction of sp³-hybridized carbons (Fsp3) is 0.600. The number of piperidine rings is 1. The van der Waals surface area contributed by atoms with E-state index in [1.165, 1.54) is 0 Å². The predicted molar refractivity (Wildman–Crippen MR) is 80.2 cm³/mol. The van der Waals surface area contributed by atoms with E-state index in [1.807, 2.05) is 12.1 Å². The number of likely N-dealkylation sites (tertiary alicyclic amines) is 1. The average molecular weight is 309 g/mol. The molecule has 7 nitrogen and oxygen atoms in total. The van der Waals surface area contributed by atoms with E-state index in [9.17, 15) is 9.59 Å². The third-order valence-electron chi connectivity index (χ3n) is 3.55. The van der Waals surface area contributed by atoms with Crippen molar-refractivity contribution in [1.29, 1.82) is 0 Å². The predicted octanol–water partition coefficient (Wildman–Crippen LogP) is 1.11. The SMILES string of the molecule is CCOC(=O)N1CCC(NC(=O)CNCc2ccco2)CC1. The van der Waals surface area contributed by atoms with Gasteiger partial charge in [0.05, 0.1) is 26.0 Å². The Labute approximate surface area is 130 Å². The Morgan fingerprint density at radius 1 is 1.41 bits per heavy atom. The minimum atomic E-state index is -0.271. The minimum absolute atomic E-state index is 0.0406. The zero-order chi connectivity index (χ0) is 15.8. The molecule has 1 saturated heterocycles. The Kier molecular flexibility index (Phi) is 6.27. The first-order valence-corrected chi connectivity index (χ1v) is 7.63. The lowest BCUT2D eigenvalue weighted by atomic mass is 10.1. The minimum Gasteiger partial charge on any atom is -0.468 e. The largest absolute Gasteiger partial charge is 0.468 e. The van der Waals surface area contributed by atoms with Gasteiger partial charge in [-0.2, -0.15) is 0 Å². The molecule has 0 aliphatic carbocycles. The third-order valence-corrected chi connectivity index (χ3v) is 3.55. The van der Waals surface area contributed by atoms with Crippen molar-refractivity contribution >= 4 is 12.0 Å². The van der Waals surface area contributed by atoms with Gasteiger partial charge in [-0.15, -0.1) is 0 Å². The summed E-state index contributed by atoms with van der Waals surface area (Å²) in [4.78, 5) is 25.1. The Morgan fingerprint density at radius 2 is 2.18 bits per heavy atom. The van der Waals surface area contributed by atoms with E-state index in [0.29, 0.717) is 26.2 Å². The second-order valence-electron chi connectivity index (χ2n) is 5.21. The van der Waals surface area contributed by atoms with Crippen LogP contribution in [0, 0.1) is 0 Å². The van der Waals surface area contributed by atoms with Crippen LogP contribution in [0.25, 0.3) is 0 Å². The molecule has 0 bridgehead atoms. The first kappa shape index (κ1) is 16.4. The van der Waals surface area contributed by atoms with Crippen LogP contribution in [0.3, 0.4) is 0 Å². The highest BCUT2D eigenvalue weighted by Gasteiger charge is 2.24.